The first-order chi connectivity index (χ1) is 14.5. The number of halogens is 3. The van der Waals surface area contributed by atoms with Gasteiger partial charge in [0.15, 0.2) is 0 Å². The number of aromatic nitrogens is 2. The normalized spacial score (nSPS) is 11.3. The highest BCUT2D eigenvalue weighted by molar-refractivity contribution is 7.99. The van der Waals surface area contributed by atoms with Gasteiger partial charge in [-0.1, -0.05) is 53.3 Å². The van der Waals surface area contributed by atoms with E-state index in [2.05, 4.69) is 15.5 Å². The molecule has 0 spiro atoms. The number of carbonyl (C=O) groups is 1. The maximum absolute atomic E-state index is 12.3. The molecule has 0 aliphatic rings. The molecule has 5 nitrogen and oxygen atoms in total. The molecular weight excluding hydrogens is 472 g/mol. The van der Waals surface area contributed by atoms with Crippen LogP contribution in [0.25, 0.3) is 20.9 Å². The highest BCUT2D eigenvalue weighted by Crippen LogP contribution is 2.41. The Balaban J connectivity index is 1.36. The summed E-state index contributed by atoms with van der Waals surface area (Å²) < 4.78 is 31.3. The SMILES string of the molecule is O=C(CSc1nnc(-c2sc3ccccc3c2Cl)o1)Nc1ccc(SC(F)F)cc1. The number of thioether (sulfide) groups is 2. The van der Waals surface area contributed by atoms with Crippen LogP contribution in [0.1, 0.15) is 0 Å². The molecule has 4 rings (SSSR count). The Labute approximate surface area is 187 Å². The van der Waals surface area contributed by atoms with Crippen molar-refractivity contribution >= 4 is 68.1 Å². The number of nitrogens with one attached hydrogen (secondary N) is 1. The topological polar surface area (TPSA) is 68.0 Å². The van der Waals surface area contributed by atoms with Gasteiger partial charge in [-0.15, -0.1) is 21.5 Å². The third-order valence-corrected chi connectivity index (χ3v) is 7.03. The molecule has 2 aromatic heterocycles. The number of rotatable bonds is 7. The van der Waals surface area contributed by atoms with E-state index in [4.69, 9.17) is 16.0 Å². The molecule has 1 N–H and O–H groups in total. The third kappa shape index (κ3) is 4.94. The van der Waals surface area contributed by atoms with Crippen LogP contribution in [0.2, 0.25) is 5.02 Å². The first kappa shape index (κ1) is 21.1. The number of benzene rings is 2. The van der Waals surface area contributed by atoms with Crippen LogP contribution < -0.4 is 5.32 Å². The summed E-state index contributed by atoms with van der Waals surface area (Å²) in [6.07, 6.45) is 0. The standard InChI is InChI=1S/C19H12ClF2N3O2S3/c20-15-12-3-1-2-4-13(12)30-16(15)17-24-25-19(27-17)28-9-14(26)23-10-5-7-11(8-6-10)29-18(21)22/h1-8,18H,9H2,(H,23,26). The van der Waals surface area contributed by atoms with Gasteiger partial charge in [-0.05, 0) is 30.3 Å². The lowest BCUT2D eigenvalue weighted by Crippen LogP contribution is -2.13. The van der Waals surface area contributed by atoms with E-state index in [0.29, 0.717) is 38.1 Å². The number of amides is 1. The van der Waals surface area contributed by atoms with Gasteiger partial charge in [0.1, 0.15) is 4.88 Å². The average Bonchev–Trinajstić information content (AvgIpc) is 3.32. The molecule has 154 valence electrons. The summed E-state index contributed by atoms with van der Waals surface area (Å²) >= 11 is 9.43. The van der Waals surface area contributed by atoms with Gasteiger partial charge < -0.3 is 9.73 Å². The van der Waals surface area contributed by atoms with Crippen LogP contribution in [-0.2, 0) is 4.79 Å². The summed E-state index contributed by atoms with van der Waals surface area (Å²) in [4.78, 5) is 13.2. The van der Waals surface area contributed by atoms with Crippen LogP contribution in [-0.4, -0.2) is 27.6 Å². The highest BCUT2D eigenvalue weighted by atomic mass is 35.5. The van der Waals surface area contributed by atoms with Gasteiger partial charge in [-0.25, -0.2) is 0 Å². The highest BCUT2D eigenvalue weighted by Gasteiger charge is 2.18. The second kappa shape index (κ2) is 9.34. The Hall–Kier alpha value is -2.14. The Kier molecular flexibility index (Phi) is 6.57. The molecule has 4 aromatic rings. The van der Waals surface area contributed by atoms with E-state index in [9.17, 15) is 13.6 Å². The predicted molar refractivity (Wildman–Crippen MR) is 118 cm³/mol. The number of carbonyl (C=O) groups excluding carboxylic acids is 1. The van der Waals surface area contributed by atoms with E-state index >= 15 is 0 Å². The number of hydrogen-bond donors (Lipinski definition) is 1. The molecule has 0 saturated heterocycles. The second-order valence-corrected chi connectivity index (χ2v) is 9.27. The summed E-state index contributed by atoms with van der Waals surface area (Å²) in [6.45, 7) is 0. The Morgan fingerprint density at radius 3 is 2.67 bits per heavy atom. The molecule has 0 fully saturated rings. The molecule has 0 bridgehead atoms. The molecule has 0 aliphatic heterocycles. The van der Waals surface area contributed by atoms with E-state index in [0.717, 1.165) is 21.8 Å². The zero-order chi connectivity index (χ0) is 21.1. The van der Waals surface area contributed by atoms with Crippen LogP contribution in [0.3, 0.4) is 0 Å². The lowest BCUT2D eigenvalue weighted by molar-refractivity contribution is -0.113. The Morgan fingerprint density at radius 1 is 1.17 bits per heavy atom. The fourth-order valence-corrected chi connectivity index (χ4v) is 5.05. The zero-order valence-electron chi connectivity index (χ0n) is 15.0. The number of thiophene rings is 1. The van der Waals surface area contributed by atoms with Crippen LogP contribution >= 0.6 is 46.5 Å². The second-order valence-electron chi connectivity index (χ2n) is 5.85. The molecule has 0 unspecified atom stereocenters. The fraction of sp³-hybridized carbons (Fsp3) is 0.105. The molecule has 0 radical (unpaired) electrons. The quantitative estimate of drug-likeness (QED) is 0.297. The van der Waals surface area contributed by atoms with Crippen LogP contribution in [0.4, 0.5) is 14.5 Å². The van der Waals surface area contributed by atoms with E-state index in [1.165, 1.54) is 23.5 Å². The van der Waals surface area contributed by atoms with Gasteiger partial charge in [0, 0.05) is 20.7 Å². The summed E-state index contributed by atoms with van der Waals surface area (Å²) in [5.74, 6) is -2.41. The van der Waals surface area contributed by atoms with Gasteiger partial charge >= 0.3 is 0 Å². The molecule has 2 aromatic carbocycles. The van der Waals surface area contributed by atoms with Crippen molar-refractivity contribution in [1.29, 1.82) is 0 Å². The lowest BCUT2D eigenvalue weighted by Gasteiger charge is -2.05. The maximum atomic E-state index is 12.3. The lowest BCUT2D eigenvalue weighted by atomic mass is 10.2. The van der Waals surface area contributed by atoms with Crippen LogP contribution in [0.15, 0.2) is 63.1 Å². The van der Waals surface area contributed by atoms with Gasteiger partial charge in [-0.3, -0.25) is 4.79 Å². The fourth-order valence-electron chi connectivity index (χ4n) is 2.56. The molecule has 30 heavy (non-hydrogen) atoms. The first-order valence-corrected chi connectivity index (χ1v) is 11.5. The molecule has 0 atom stereocenters. The summed E-state index contributed by atoms with van der Waals surface area (Å²) in [5, 5.41) is 12.4. The molecule has 0 aliphatic carbocycles. The van der Waals surface area contributed by atoms with Crippen LogP contribution in [0.5, 0.6) is 0 Å². The summed E-state index contributed by atoms with van der Waals surface area (Å²) in [7, 11) is 0. The number of anilines is 1. The van der Waals surface area contributed by atoms with Crippen molar-refractivity contribution in [3.63, 3.8) is 0 Å². The maximum Gasteiger partial charge on any atom is 0.288 e. The van der Waals surface area contributed by atoms with Gasteiger partial charge in [-0.2, -0.15) is 8.78 Å². The Bertz CT molecular complexity index is 1180. The number of hydrogen-bond acceptors (Lipinski definition) is 7. The van der Waals surface area contributed by atoms with Gasteiger partial charge in [0.05, 0.1) is 10.8 Å². The van der Waals surface area contributed by atoms with Gasteiger partial charge in [0.2, 0.25) is 5.91 Å². The monoisotopic (exact) mass is 483 g/mol. The van der Waals surface area contributed by atoms with E-state index in [1.54, 1.807) is 12.1 Å². The minimum Gasteiger partial charge on any atom is -0.410 e. The van der Waals surface area contributed by atoms with Crippen molar-refractivity contribution < 1.29 is 18.0 Å². The molecular formula is C19H12ClF2N3O2S3. The minimum atomic E-state index is -2.48. The van der Waals surface area contributed by atoms with E-state index in [-0.39, 0.29) is 16.9 Å². The molecule has 11 heteroatoms. The smallest absolute Gasteiger partial charge is 0.288 e. The van der Waals surface area contributed by atoms with Crippen molar-refractivity contribution in [2.45, 2.75) is 15.9 Å². The summed E-state index contributed by atoms with van der Waals surface area (Å²) in [6, 6.07) is 13.9. The molecule has 1 amide bonds. The predicted octanol–water partition coefficient (Wildman–Crippen LogP) is 6.65. The zero-order valence-corrected chi connectivity index (χ0v) is 18.2. The minimum absolute atomic E-state index is 0.0509. The number of alkyl halides is 2. The third-order valence-electron chi connectivity index (χ3n) is 3.83. The Morgan fingerprint density at radius 2 is 1.93 bits per heavy atom. The van der Waals surface area contributed by atoms with Gasteiger partial charge in [0.25, 0.3) is 16.9 Å². The van der Waals surface area contributed by atoms with Crippen molar-refractivity contribution in [1.82, 2.24) is 10.2 Å². The van der Waals surface area contributed by atoms with Crippen molar-refractivity contribution in [3.8, 4) is 10.8 Å². The van der Waals surface area contributed by atoms with E-state index < -0.39 is 5.76 Å². The average molecular weight is 484 g/mol. The van der Waals surface area contributed by atoms with Crippen LogP contribution in [0, 0.1) is 0 Å². The van der Waals surface area contributed by atoms with E-state index in [1.807, 2.05) is 24.3 Å². The van der Waals surface area contributed by atoms with Crippen molar-refractivity contribution in [2.24, 2.45) is 0 Å². The van der Waals surface area contributed by atoms with Crippen molar-refractivity contribution in [3.05, 3.63) is 53.6 Å². The van der Waals surface area contributed by atoms with Crippen molar-refractivity contribution in [2.75, 3.05) is 11.1 Å². The molecule has 0 saturated carbocycles. The largest absolute Gasteiger partial charge is 0.410 e. The first-order valence-electron chi connectivity index (χ1n) is 8.48. The number of nitrogens with zero attached hydrogens (tertiary/aromatic N) is 2. The number of fused-ring (bicyclic) bond motifs is 1. The summed E-state index contributed by atoms with van der Waals surface area (Å²) in [5.41, 5.74) is 0.516. The molecule has 2 heterocycles.